The highest BCUT2D eigenvalue weighted by molar-refractivity contribution is 4.50. The molecule has 0 bridgehead atoms. The van der Waals surface area contributed by atoms with Gasteiger partial charge in [-0.2, -0.15) is 0 Å². The van der Waals surface area contributed by atoms with E-state index in [1.54, 1.807) is 0 Å². The van der Waals surface area contributed by atoms with Gasteiger partial charge in [-0.25, -0.2) is 4.39 Å². The van der Waals surface area contributed by atoms with Crippen LogP contribution in [0.25, 0.3) is 0 Å². The van der Waals surface area contributed by atoms with E-state index in [9.17, 15) is 4.39 Å². The number of rotatable bonds is 52. The molecule has 0 heterocycles. The van der Waals surface area contributed by atoms with E-state index >= 15 is 0 Å². The van der Waals surface area contributed by atoms with Crippen molar-refractivity contribution in [1.29, 1.82) is 0 Å². The molecule has 0 fully saturated rings. The minimum Gasteiger partial charge on any atom is -0.379 e. The highest BCUT2D eigenvalue weighted by Gasteiger charge is 1.98. The number of alkyl halides is 1. The number of unbranched alkanes of at least 4 members (excludes halogenated alkanes) is 15. The van der Waals surface area contributed by atoms with Crippen molar-refractivity contribution in [2.45, 2.75) is 110 Å². The van der Waals surface area contributed by atoms with E-state index in [1.165, 1.54) is 96.3 Å². The fourth-order valence-corrected chi connectivity index (χ4v) is 5.33. The van der Waals surface area contributed by atoms with Gasteiger partial charge in [-0.1, -0.05) is 103 Å². The van der Waals surface area contributed by atoms with Gasteiger partial charge >= 0.3 is 0 Å². The molecule has 332 valence electrons. The summed E-state index contributed by atoms with van der Waals surface area (Å²) in [6.45, 7) is 14.1. The molecule has 0 atom stereocenters. The fourth-order valence-electron chi connectivity index (χ4n) is 5.33. The first-order valence-corrected chi connectivity index (χ1v) is 21.9. The molecular formula is C42H85FO12. The van der Waals surface area contributed by atoms with Gasteiger partial charge in [0.1, 0.15) is 6.67 Å². The maximum Gasteiger partial charge on any atom is 0.113 e. The lowest BCUT2D eigenvalue weighted by Crippen LogP contribution is -2.15. The molecule has 0 radical (unpaired) electrons. The molecule has 0 amide bonds. The second-order valence-corrected chi connectivity index (χ2v) is 13.3. The van der Waals surface area contributed by atoms with E-state index in [0.717, 1.165) is 13.0 Å². The average molecular weight is 801 g/mol. The lowest BCUT2D eigenvalue weighted by Gasteiger charge is -2.09. The first-order valence-electron chi connectivity index (χ1n) is 21.9. The van der Waals surface area contributed by atoms with Crippen LogP contribution in [0.1, 0.15) is 110 Å². The molecule has 0 aromatic heterocycles. The van der Waals surface area contributed by atoms with Crippen LogP contribution in [0.15, 0.2) is 0 Å². The van der Waals surface area contributed by atoms with Crippen molar-refractivity contribution in [2.75, 3.05) is 165 Å². The summed E-state index contributed by atoms with van der Waals surface area (Å²) >= 11 is 0. The summed E-state index contributed by atoms with van der Waals surface area (Å²) < 4.78 is 77.3. The zero-order valence-electron chi connectivity index (χ0n) is 35.3. The Morgan fingerprint density at radius 3 is 0.564 bits per heavy atom. The summed E-state index contributed by atoms with van der Waals surface area (Å²) in [6.07, 6.45) is 22.2. The Labute approximate surface area is 335 Å². The molecule has 0 saturated carbocycles. The largest absolute Gasteiger partial charge is 0.379 e. The summed E-state index contributed by atoms with van der Waals surface area (Å²) in [5, 5.41) is 0. The summed E-state index contributed by atoms with van der Waals surface area (Å²) in [4.78, 5) is 0. The van der Waals surface area contributed by atoms with Crippen LogP contribution < -0.4 is 0 Å². The van der Waals surface area contributed by atoms with Gasteiger partial charge in [0.05, 0.1) is 152 Å². The Morgan fingerprint density at radius 2 is 0.364 bits per heavy atom. The monoisotopic (exact) mass is 801 g/mol. The molecule has 55 heavy (non-hydrogen) atoms. The van der Waals surface area contributed by atoms with Gasteiger partial charge in [0.2, 0.25) is 0 Å². The summed E-state index contributed by atoms with van der Waals surface area (Å²) in [5.41, 5.74) is 0. The highest BCUT2D eigenvalue weighted by Crippen LogP contribution is 2.13. The van der Waals surface area contributed by atoms with Crippen molar-refractivity contribution in [2.24, 2.45) is 0 Å². The van der Waals surface area contributed by atoms with E-state index < -0.39 is 6.67 Å². The van der Waals surface area contributed by atoms with Gasteiger partial charge in [0.15, 0.2) is 0 Å². The Morgan fingerprint density at radius 1 is 0.200 bits per heavy atom. The van der Waals surface area contributed by atoms with Gasteiger partial charge in [0, 0.05) is 6.61 Å². The quantitative estimate of drug-likeness (QED) is 0.0572. The van der Waals surface area contributed by atoms with Crippen LogP contribution in [0.2, 0.25) is 0 Å². The van der Waals surface area contributed by atoms with E-state index in [0.29, 0.717) is 145 Å². The number of halogens is 1. The van der Waals surface area contributed by atoms with E-state index in [4.69, 9.17) is 56.8 Å². The summed E-state index contributed by atoms with van der Waals surface area (Å²) in [6, 6.07) is 0. The minimum atomic E-state index is -0.473. The van der Waals surface area contributed by atoms with E-state index in [-0.39, 0.29) is 6.61 Å². The third-order valence-corrected chi connectivity index (χ3v) is 8.46. The van der Waals surface area contributed by atoms with Crippen LogP contribution in [0.3, 0.4) is 0 Å². The van der Waals surface area contributed by atoms with Crippen molar-refractivity contribution < 1.29 is 61.2 Å². The van der Waals surface area contributed by atoms with Crippen molar-refractivity contribution in [3.05, 3.63) is 0 Å². The fraction of sp³-hybridized carbons (Fsp3) is 1.00. The normalized spacial score (nSPS) is 11.7. The van der Waals surface area contributed by atoms with Gasteiger partial charge in [-0.15, -0.1) is 0 Å². The number of hydrogen-bond acceptors (Lipinski definition) is 12. The molecule has 0 unspecified atom stereocenters. The van der Waals surface area contributed by atoms with Gasteiger partial charge in [-0.3, -0.25) is 0 Å². The van der Waals surface area contributed by atoms with Gasteiger partial charge in [0.25, 0.3) is 0 Å². The molecule has 0 N–H and O–H groups in total. The maximum atomic E-state index is 11.8. The molecule has 0 aliphatic rings. The molecule has 0 aromatic rings. The molecule has 0 spiro atoms. The second kappa shape index (κ2) is 53.5. The smallest absolute Gasteiger partial charge is 0.113 e. The van der Waals surface area contributed by atoms with Crippen molar-refractivity contribution in [1.82, 2.24) is 0 Å². The molecule has 0 saturated heterocycles. The molecule has 13 heteroatoms. The highest BCUT2D eigenvalue weighted by atomic mass is 19.1. The SMILES string of the molecule is CCCCCCCCCCCCCCCCCCOCCOCCOCCOCCOCCOCCOCCOCCOCCOCCOCCOCCF. The maximum absolute atomic E-state index is 11.8. The lowest BCUT2D eigenvalue weighted by molar-refractivity contribution is -0.0284. The third-order valence-electron chi connectivity index (χ3n) is 8.46. The van der Waals surface area contributed by atoms with Crippen LogP contribution in [0.5, 0.6) is 0 Å². The number of hydrogen-bond donors (Lipinski definition) is 0. The van der Waals surface area contributed by atoms with Crippen molar-refractivity contribution in [3.63, 3.8) is 0 Å². The molecule has 0 aliphatic carbocycles. The lowest BCUT2D eigenvalue weighted by atomic mass is 10.0. The Bertz CT molecular complexity index is 604. The summed E-state index contributed by atoms with van der Waals surface area (Å²) in [7, 11) is 0. The average Bonchev–Trinajstić information content (AvgIpc) is 3.20. The van der Waals surface area contributed by atoms with E-state index in [2.05, 4.69) is 6.92 Å². The molecule has 0 aromatic carbocycles. The standard InChI is InChI=1S/C42H85FO12/c1-2-3-4-5-6-7-8-9-10-11-12-13-14-15-16-17-19-44-21-23-46-25-27-48-29-31-50-33-35-52-37-39-54-41-42-55-40-38-53-36-34-51-32-30-49-28-26-47-24-22-45-20-18-43/h2-42H2,1H3. The Hall–Kier alpha value is -0.550. The van der Waals surface area contributed by atoms with Crippen LogP contribution in [0.4, 0.5) is 4.39 Å². The number of ether oxygens (including phenoxy) is 12. The van der Waals surface area contributed by atoms with Crippen LogP contribution >= 0.6 is 0 Å². The molecule has 0 rings (SSSR count). The van der Waals surface area contributed by atoms with Crippen molar-refractivity contribution in [3.8, 4) is 0 Å². The second-order valence-electron chi connectivity index (χ2n) is 13.3. The molecule has 12 nitrogen and oxygen atoms in total. The predicted octanol–water partition coefficient (Wildman–Crippen LogP) is 7.42. The topological polar surface area (TPSA) is 111 Å². The first kappa shape index (κ1) is 54.5. The molecular weight excluding hydrogens is 715 g/mol. The first-order chi connectivity index (χ1) is 27.4. The molecule has 0 aliphatic heterocycles. The van der Waals surface area contributed by atoms with Crippen LogP contribution in [-0.2, 0) is 56.8 Å². The minimum absolute atomic E-state index is 0.115. The van der Waals surface area contributed by atoms with Crippen molar-refractivity contribution >= 4 is 0 Å². The Balaban J connectivity index is 3.05. The van der Waals surface area contributed by atoms with Crippen LogP contribution in [-0.4, -0.2) is 165 Å². The zero-order chi connectivity index (χ0) is 39.5. The predicted molar refractivity (Wildman–Crippen MR) is 215 cm³/mol. The third kappa shape index (κ3) is 53.5. The van der Waals surface area contributed by atoms with E-state index in [1.807, 2.05) is 0 Å². The van der Waals surface area contributed by atoms with Gasteiger partial charge in [-0.05, 0) is 6.42 Å². The zero-order valence-corrected chi connectivity index (χ0v) is 35.3. The van der Waals surface area contributed by atoms with Gasteiger partial charge < -0.3 is 56.8 Å². The van der Waals surface area contributed by atoms with Crippen LogP contribution in [0, 0.1) is 0 Å². The summed E-state index contributed by atoms with van der Waals surface area (Å²) in [5.74, 6) is 0. The Kier molecular flexibility index (Phi) is 52.9.